The van der Waals surface area contributed by atoms with Gasteiger partial charge in [0.1, 0.15) is 11.8 Å². The molecule has 0 aliphatic carbocycles. The van der Waals surface area contributed by atoms with Crippen LogP contribution >= 0.6 is 0 Å². The molecule has 1 aliphatic rings. The van der Waals surface area contributed by atoms with E-state index in [-0.39, 0.29) is 6.04 Å². The molecule has 1 aromatic heterocycles. The van der Waals surface area contributed by atoms with Crippen LogP contribution in [0.4, 0.5) is 0 Å². The van der Waals surface area contributed by atoms with Gasteiger partial charge < -0.3 is 9.15 Å². The molecule has 2 aromatic carbocycles. The second kappa shape index (κ2) is 8.37. The van der Waals surface area contributed by atoms with E-state index in [0.717, 1.165) is 22.4 Å². The minimum Gasteiger partial charge on any atom is -0.467 e. The van der Waals surface area contributed by atoms with Crippen molar-refractivity contribution in [3.8, 4) is 0 Å². The van der Waals surface area contributed by atoms with Gasteiger partial charge in [-0.1, -0.05) is 47.5 Å². The first-order valence-corrected chi connectivity index (χ1v) is 9.75. The van der Waals surface area contributed by atoms with Crippen LogP contribution in [0, 0.1) is 13.8 Å². The summed E-state index contributed by atoms with van der Waals surface area (Å²) in [7, 11) is 0. The van der Waals surface area contributed by atoms with E-state index in [1.165, 1.54) is 5.01 Å². The Kier molecular flexibility index (Phi) is 5.48. The van der Waals surface area contributed by atoms with Crippen molar-refractivity contribution in [3.05, 3.63) is 94.9 Å². The summed E-state index contributed by atoms with van der Waals surface area (Å²) in [5, 5.41) is 5.90. The number of carbonyl (C=O) groups excluding carboxylic acids is 2. The molecule has 0 saturated carbocycles. The maximum Gasteiger partial charge on any atom is 0.338 e. The molecule has 0 spiro atoms. The SMILES string of the molecule is Cc1ccc(C2=NN(C(=O)COC(=O)c3cccc(C)c3)C(c3ccco3)C2)cc1. The number of hydrogen-bond acceptors (Lipinski definition) is 5. The summed E-state index contributed by atoms with van der Waals surface area (Å²) in [5.41, 5.74) is 4.24. The van der Waals surface area contributed by atoms with E-state index in [1.54, 1.807) is 30.5 Å². The smallest absolute Gasteiger partial charge is 0.338 e. The topological polar surface area (TPSA) is 72.1 Å². The highest BCUT2D eigenvalue weighted by Gasteiger charge is 2.35. The Hall–Kier alpha value is -3.67. The summed E-state index contributed by atoms with van der Waals surface area (Å²) in [6.07, 6.45) is 2.09. The Balaban J connectivity index is 1.51. The molecule has 6 nitrogen and oxygen atoms in total. The second-order valence-electron chi connectivity index (χ2n) is 7.33. The van der Waals surface area contributed by atoms with E-state index in [4.69, 9.17) is 9.15 Å². The van der Waals surface area contributed by atoms with Crippen LogP contribution in [0.2, 0.25) is 0 Å². The molecule has 152 valence electrons. The Morgan fingerprint density at radius 2 is 1.87 bits per heavy atom. The van der Waals surface area contributed by atoms with Crippen LogP contribution in [0.15, 0.2) is 76.4 Å². The number of nitrogens with zero attached hydrogens (tertiary/aromatic N) is 2. The Bertz CT molecular complexity index is 1080. The van der Waals surface area contributed by atoms with Crippen LogP contribution in [0.25, 0.3) is 0 Å². The number of amides is 1. The van der Waals surface area contributed by atoms with Crippen molar-refractivity contribution < 1.29 is 18.7 Å². The monoisotopic (exact) mass is 402 g/mol. The lowest BCUT2D eigenvalue weighted by Gasteiger charge is -2.19. The molecular formula is C24H22N2O4. The normalized spacial score (nSPS) is 15.7. The molecule has 0 saturated heterocycles. The number of benzene rings is 2. The number of carbonyl (C=O) groups is 2. The number of esters is 1. The van der Waals surface area contributed by atoms with Crippen molar-refractivity contribution in [2.75, 3.05) is 6.61 Å². The fourth-order valence-electron chi connectivity index (χ4n) is 3.41. The van der Waals surface area contributed by atoms with E-state index in [0.29, 0.717) is 17.7 Å². The number of ether oxygens (including phenoxy) is 1. The van der Waals surface area contributed by atoms with Gasteiger partial charge in [-0.05, 0) is 43.7 Å². The largest absolute Gasteiger partial charge is 0.467 e. The third kappa shape index (κ3) is 4.17. The standard InChI is InChI=1S/C24H22N2O4/c1-16-8-10-18(11-9-16)20-14-21(22-7-4-12-29-22)26(25-20)23(27)15-30-24(28)19-6-3-5-17(2)13-19/h3-13,21H,14-15H2,1-2H3. The van der Waals surface area contributed by atoms with Gasteiger partial charge in [0, 0.05) is 6.42 Å². The zero-order valence-corrected chi connectivity index (χ0v) is 16.9. The molecule has 30 heavy (non-hydrogen) atoms. The van der Waals surface area contributed by atoms with Crippen molar-refractivity contribution in [1.82, 2.24) is 5.01 Å². The van der Waals surface area contributed by atoms with Crippen LogP contribution in [0.1, 0.15) is 45.3 Å². The first kappa shape index (κ1) is 19.6. The lowest BCUT2D eigenvalue weighted by molar-refractivity contribution is -0.136. The van der Waals surface area contributed by atoms with Crippen LogP contribution in [-0.2, 0) is 9.53 Å². The van der Waals surface area contributed by atoms with Crippen LogP contribution in [0.3, 0.4) is 0 Å². The number of hydrogen-bond donors (Lipinski definition) is 0. The van der Waals surface area contributed by atoms with Crippen LogP contribution < -0.4 is 0 Å². The fourth-order valence-corrected chi connectivity index (χ4v) is 3.41. The highest BCUT2D eigenvalue weighted by atomic mass is 16.5. The Morgan fingerprint density at radius 3 is 2.57 bits per heavy atom. The molecule has 0 N–H and O–H groups in total. The van der Waals surface area contributed by atoms with Gasteiger partial charge in [0.15, 0.2) is 6.61 Å². The van der Waals surface area contributed by atoms with Crippen LogP contribution in [-0.4, -0.2) is 29.2 Å². The van der Waals surface area contributed by atoms with Gasteiger partial charge in [0.05, 0.1) is 17.5 Å². The molecule has 0 fully saturated rings. The summed E-state index contributed by atoms with van der Waals surface area (Å²) >= 11 is 0. The molecule has 3 aromatic rings. The highest BCUT2D eigenvalue weighted by Crippen LogP contribution is 2.33. The zero-order chi connectivity index (χ0) is 21.1. The maximum atomic E-state index is 12.9. The average molecular weight is 402 g/mol. The molecule has 0 bridgehead atoms. The predicted molar refractivity (Wildman–Crippen MR) is 112 cm³/mol. The van der Waals surface area contributed by atoms with Crippen molar-refractivity contribution >= 4 is 17.6 Å². The predicted octanol–water partition coefficient (Wildman–Crippen LogP) is 4.43. The number of hydrazone groups is 1. The van der Waals surface area contributed by atoms with Gasteiger partial charge >= 0.3 is 5.97 Å². The minimum atomic E-state index is -0.538. The Morgan fingerprint density at radius 1 is 1.07 bits per heavy atom. The third-order valence-corrected chi connectivity index (χ3v) is 5.00. The second-order valence-corrected chi connectivity index (χ2v) is 7.33. The van der Waals surface area contributed by atoms with Crippen molar-refractivity contribution in [3.63, 3.8) is 0 Å². The fraction of sp³-hybridized carbons (Fsp3) is 0.208. The maximum absolute atomic E-state index is 12.9. The van der Waals surface area contributed by atoms with E-state index < -0.39 is 18.5 Å². The molecule has 1 atom stereocenters. The number of furan rings is 1. The summed E-state index contributed by atoms with van der Waals surface area (Å²) in [6.45, 7) is 3.51. The molecule has 1 unspecified atom stereocenters. The van der Waals surface area contributed by atoms with E-state index in [1.807, 2.05) is 50.2 Å². The quantitative estimate of drug-likeness (QED) is 0.592. The summed E-state index contributed by atoms with van der Waals surface area (Å²) < 4.78 is 10.8. The van der Waals surface area contributed by atoms with Gasteiger partial charge in [-0.2, -0.15) is 5.10 Å². The van der Waals surface area contributed by atoms with E-state index in [2.05, 4.69) is 5.10 Å². The van der Waals surface area contributed by atoms with E-state index >= 15 is 0 Å². The van der Waals surface area contributed by atoms with Gasteiger partial charge in [-0.15, -0.1) is 0 Å². The molecule has 1 amide bonds. The molecule has 2 heterocycles. The highest BCUT2D eigenvalue weighted by molar-refractivity contribution is 6.03. The summed E-state index contributed by atoms with van der Waals surface area (Å²) in [5.74, 6) is -0.303. The van der Waals surface area contributed by atoms with Gasteiger partial charge in [-0.3, -0.25) is 4.79 Å². The average Bonchev–Trinajstić information content (AvgIpc) is 3.42. The van der Waals surface area contributed by atoms with E-state index in [9.17, 15) is 9.59 Å². The molecule has 4 rings (SSSR count). The zero-order valence-electron chi connectivity index (χ0n) is 16.9. The van der Waals surface area contributed by atoms with Crippen LogP contribution in [0.5, 0.6) is 0 Å². The molecular weight excluding hydrogens is 380 g/mol. The van der Waals surface area contributed by atoms with Gasteiger partial charge in [0.2, 0.25) is 0 Å². The molecule has 0 radical (unpaired) electrons. The lowest BCUT2D eigenvalue weighted by atomic mass is 10.0. The van der Waals surface area contributed by atoms with Crippen molar-refractivity contribution in [2.45, 2.75) is 26.3 Å². The first-order chi connectivity index (χ1) is 14.5. The number of aryl methyl sites for hydroxylation is 2. The summed E-state index contributed by atoms with van der Waals surface area (Å²) in [6, 6.07) is 18.3. The minimum absolute atomic E-state index is 0.374. The number of rotatable bonds is 5. The third-order valence-electron chi connectivity index (χ3n) is 5.00. The van der Waals surface area contributed by atoms with Gasteiger partial charge in [-0.25, -0.2) is 9.80 Å². The lowest BCUT2D eigenvalue weighted by Crippen LogP contribution is -2.31. The molecule has 6 heteroatoms. The summed E-state index contributed by atoms with van der Waals surface area (Å²) in [4.78, 5) is 25.2. The Labute approximate surface area is 174 Å². The van der Waals surface area contributed by atoms with Gasteiger partial charge in [0.25, 0.3) is 5.91 Å². The molecule has 1 aliphatic heterocycles. The van der Waals surface area contributed by atoms with Crippen molar-refractivity contribution in [1.29, 1.82) is 0 Å². The van der Waals surface area contributed by atoms with Crippen molar-refractivity contribution in [2.24, 2.45) is 5.10 Å². The first-order valence-electron chi connectivity index (χ1n) is 9.75.